The second kappa shape index (κ2) is 4.69. The Balaban J connectivity index is 1.94. The van der Waals surface area contributed by atoms with Gasteiger partial charge >= 0.3 is 0 Å². The molecule has 0 saturated carbocycles. The first kappa shape index (κ1) is 12.2. The van der Waals surface area contributed by atoms with E-state index in [1.807, 2.05) is 19.1 Å². The number of aryl methyl sites for hydroxylation is 3. The fourth-order valence-electron chi connectivity index (χ4n) is 2.54. The average Bonchev–Trinajstić information content (AvgIpc) is 2.95. The van der Waals surface area contributed by atoms with Crippen LogP contribution in [0.5, 0.6) is 0 Å². The lowest BCUT2D eigenvalue weighted by Gasteiger charge is -2.10. The summed E-state index contributed by atoms with van der Waals surface area (Å²) in [5, 5.41) is 10.4. The molecule has 1 N–H and O–H groups in total. The zero-order chi connectivity index (χ0) is 12.7. The van der Waals surface area contributed by atoms with Crippen LogP contribution in [0.1, 0.15) is 39.7 Å². The summed E-state index contributed by atoms with van der Waals surface area (Å²) >= 11 is 7.53. The molecule has 2 aromatic rings. The standard InChI is InChI=1S/C15H15ClOS/c1-9-7-13(18-15(9)16)14(17)12-6-5-10-3-2-4-11(10)8-12/h5-8,14,17H,2-4H2,1H3. The van der Waals surface area contributed by atoms with Crippen molar-refractivity contribution in [2.75, 3.05) is 0 Å². The Hall–Kier alpha value is -0.830. The number of thiophene rings is 1. The Kier molecular flexibility index (Phi) is 3.18. The minimum absolute atomic E-state index is 0.549. The zero-order valence-corrected chi connectivity index (χ0v) is 11.8. The Labute approximate surface area is 116 Å². The highest BCUT2D eigenvalue weighted by atomic mass is 35.5. The Bertz CT molecular complexity index is 569. The van der Waals surface area contributed by atoms with E-state index >= 15 is 0 Å². The highest BCUT2D eigenvalue weighted by molar-refractivity contribution is 7.16. The van der Waals surface area contributed by atoms with Crippen molar-refractivity contribution in [3.8, 4) is 0 Å². The summed E-state index contributed by atoms with van der Waals surface area (Å²) in [7, 11) is 0. The molecule has 1 atom stereocenters. The van der Waals surface area contributed by atoms with Crippen LogP contribution < -0.4 is 0 Å². The first-order valence-corrected chi connectivity index (χ1v) is 7.40. The van der Waals surface area contributed by atoms with Crippen molar-refractivity contribution in [3.63, 3.8) is 0 Å². The number of aliphatic hydroxyl groups is 1. The van der Waals surface area contributed by atoms with Crippen molar-refractivity contribution in [1.29, 1.82) is 0 Å². The molecule has 0 fully saturated rings. The van der Waals surface area contributed by atoms with Gasteiger partial charge in [0.15, 0.2) is 0 Å². The summed E-state index contributed by atoms with van der Waals surface area (Å²) in [6.45, 7) is 1.97. The molecule has 0 bridgehead atoms. The second-order valence-corrected chi connectivity index (χ2v) is 6.58. The van der Waals surface area contributed by atoms with E-state index in [1.54, 1.807) is 0 Å². The lowest BCUT2D eigenvalue weighted by molar-refractivity contribution is 0.224. The van der Waals surface area contributed by atoms with E-state index in [4.69, 9.17) is 11.6 Å². The van der Waals surface area contributed by atoms with E-state index in [1.165, 1.54) is 35.3 Å². The minimum Gasteiger partial charge on any atom is -0.383 e. The van der Waals surface area contributed by atoms with Crippen molar-refractivity contribution in [2.24, 2.45) is 0 Å². The predicted octanol–water partition coefficient (Wildman–Crippen LogP) is 4.28. The summed E-state index contributed by atoms with van der Waals surface area (Å²) in [4.78, 5) is 0.926. The molecule has 0 spiro atoms. The van der Waals surface area contributed by atoms with Gasteiger partial charge in [-0.1, -0.05) is 29.8 Å². The van der Waals surface area contributed by atoms with E-state index in [-0.39, 0.29) is 0 Å². The molecule has 0 amide bonds. The molecule has 1 aromatic carbocycles. The lowest BCUT2D eigenvalue weighted by atomic mass is 10.0. The van der Waals surface area contributed by atoms with E-state index < -0.39 is 6.10 Å². The first-order valence-electron chi connectivity index (χ1n) is 6.21. The maximum absolute atomic E-state index is 10.4. The smallest absolute Gasteiger partial charge is 0.113 e. The number of rotatable bonds is 2. The first-order chi connectivity index (χ1) is 8.65. The Morgan fingerprint density at radius 2 is 2.00 bits per heavy atom. The molecular weight excluding hydrogens is 264 g/mol. The molecule has 3 heteroatoms. The molecule has 18 heavy (non-hydrogen) atoms. The fourth-order valence-corrected chi connectivity index (χ4v) is 3.78. The van der Waals surface area contributed by atoms with Gasteiger partial charge in [0.05, 0.1) is 4.34 Å². The summed E-state index contributed by atoms with van der Waals surface area (Å²) in [6.07, 6.45) is 3.00. The molecule has 1 nitrogen and oxygen atoms in total. The number of hydrogen-bond acceptors (Lipinski definition) is 2. The highest BCUT2D eigenvalue weighted by Crippen LogP contribution is 2.35. The molecule has 1 aromatic heterocycles. The average molecular weight is 279 g/mol. The highest BCUT2D eigenvalue weighted by Gasteiger charge is 2.17. The van der Waals surface area contributed by atoms with Gasteiger partial charge in [0, 0.05) is 4.88 Å². The fraction of sp³-hybridized carbons (Fsp3) is 0.333. The monoisotopic (exact) mass is 278 g/mol. The molecule has 3 rings (SSSR count). The number of fused-ring (bicyclic) bond motifs is 1. The van der Waals surface area contributed by atoms with Gasteiger partial charge in [-0.2, -0.15) is 0 Å². The topological polar surface area (TPSA) is 20.2 Å². The van der Waals surface area contributed by atoms with E-state index in [2.05, 4.69) is 12.1 Å². The maximum Gasteiger partial charge on any atom is 0.113 e. The van der Waals surface area contributed by atoms with Crippen molar-refractivity contribution >= 4 is 22.9 Å². The van der Waals surface area contributed by atoms with Crippen molar-refractivity contribution in [3.05, 3.63) is 55.7 Å². The van der Waals surface area contributed by atoms with E-state index in [0.717, 1.165) is 26.8 Å². The second-order valence-electron chi connectivity index (χ2n) is 4.89. The van der Waals surface area contributed by atoms with Crippen LogP contribution >= 0.6 is 22.9 Å². The van der Waals surface area contributed by atoms with Gasteiger partial charge in [-0.05, 0) is 54.5 Å². The Morgan fingerprint density at radius 1 is 1.22 bits per heavy atom. The van der Waals surface area contributed by atoms with Crippen LogP contribution in [-0.2, 0) is 12.8 Å². The van der Waals surface area contributed by atoms with Gasteiger partial charge in [-0.15, -0.1) is 11.3 Å². The molecule has 1 heterocycles. The van der Waals surface area contributed by atoms with Crippen molar-refractivity contribution < 1.29 is 5.11 Å². The molecule has 1 unspecified atom stereocenters. The minimum atomic E-state index is -0.549. The van der Waals surface area contributed by atoms with Gasteiger partial charge in [0.1, 0.15) is 6.10 Å². The van der Waals surface area contributed by atoms with Crippen LogP contribution in [0, 0.1) is 6.92 Å². The molecular formula is C15H15ClOS. The number of aliphatic hydroxyl groups excluding tert-OH is 1. The molecule has 1 aliphatic rings. The molecule has 94 valence electrons. The number of hydrogen-bond donors (Lipinski definition) is 1. The Morgan fingerprint density at radius 3 is 2.72 bits per heavy atom. The van der Waals surface area contributed by atoms with Crippen LogP contribution in [0.25, 0.3) is 0 Å². The molecule has 0 aliphatic heterocycles. The molecule has 0 radical (unpaired) electrons. The normalized spacial score (nSPS) is 15.7. The van der Waals surface area contributed by atoms with Crippen molar-refractivity contribution in [2.45, 2.75) is 32.3 Å². The van der Waals surface area contributed by atoms with Crippen LogP contribution in [0.3, 0.4) is 0 Å². The van der Waals surface area contributed by atoms with Gasteiger partial charge in [-0.3, -0.25) is 0 Å². The zero-order valence-electron chi connectivity index (χ0n) is 10.2. The van der Waals surface area contributed by atoms with Crippen molar-refractivity contribution in [1.82, 2.24) is 0 Å². The van der Waals surface area contributed by atoms with E-state index in [0.29, 0.717) is 0 Å². The van der Waals surface area contributed by atoms with Gasteiger partial charge in [-0.25, -0.2) is 0 Å². The van der Waals surface area contributed by atoms with E-state index in [9.17, 15) is 5.11 Å². The van der Waals surface area contributed by atoms with Crippen LogP contribution in [0.4, 0.5) is 0 Å². The molecule has 0 saturated heterocycles. The SMILES string of the molecule is Cc1cc(C(O)c2ccc3c(c2)CCC3)sc1Cl. The van der Waals surface area contributed by atoms with Gasteiger partial charge in [0.25, 0.3) is 0 Å². The summed E-state index contributed by atoms with van der Waals surface area (Å²) in [6, 6.07) is 8.32. The quantitative estimate of drug-likeness (QED) is 0.869. The molecule has 1 aliphatic carbocycles. The van der Waals surface area contributed by atoms with Gasteiger partial charge in [0.2, 0.25) is 0 Å². The number of halogens is 1. The maximum atomic E-state index is 10.4. The summed E-state index contributed by atoms with van der Waals surface area (Å²) in [5.41, 5.74) is 4.85. The lowest BCUT2D eigenvalue weighted by Crippen LogP contribution is -1.98. The number of benzene rings is 1. The largest absolute Gasteiger partial charge is 0.383 e. The third kappa shape index (κ3) is 2.09. The third-order valence-electron chi connectivity index (χ3n) is 3.58. The van der Waals surface area contributed by atoms with Crippen LogP contribution in [0.15, 0.2) is 24.3 Å². The van der Waals surface area contributed by atoms with Crippen LogP contribution in [0.2, 0.25) is 4.34 Å². The summed E-state index contributed by atoms with van der Waals surface area (Å²) in [5.74, 6) is 0. The van der Waals surface area contributed by atoms with Crippen LogP contribution in [-0.4, -0.2) is 5.11 Å². The van der Waals surface area contributed by atoms with Gasteiger partial charge < -0.3 is 5.11 Å². The third-order valence-corrected chi connectivity index (χ3v) is 5.19. The summed E-state index contributed by atoms with van der Waals surface area (Å²) < 4.78 is 0.769. The predicted molar refractivity (Wildman–Crippen MR) is 76.6 cm³/mol.